The van der Waals surface area contributed by atoms with Gasteiger partial charge in [-0.1, -0.05) is 48.0 Å². The molecular formula is C22H27ClN2O3S. The highest BCUT2D eigenvalue weighted by Crippen LogP contribution is 2.24. The smallest absolute Gasteiger partial charge is 0.254 e. The zero-order valence-electron chi connectivity index (χ0n) is 17.0. The van der Waals surface area contributed by atoms with Crippen LogP contribution in [0.5, 0.6) is 0 Å². The first-order chi connectivity index (χ1) is 13.5. The number of carbonyl (C=O) groups is 1. The summed E-state index contributed by atoms with van der Waals surface area (Å²) in [5, 5.41) is 0.0675. The molecule has 156 valence electrons. The van der Waals surface area contributed by atoms with Crippen molar-refractivity contribution in [3.05, 3.63) is 77.3 Å². The van der Waals surface area contributed by atoms with Gasteiger partial charge in [-0.3, -0.25) is 4.79 Å². The number of benzene rings is 2. The quantitative estimate of drug-likeness (QED) is 0.630. The van der Waals surface area contributed by atoms with Gasteiger partial charge in [0.2, 0.25) is 10.0 Å². The summed E-state index contributed by atoms with van der Waals surface area (Å²) in [6.07, 6.45) is 2.34. The molecule has 2 aromatic rings. The number of nitrogens with zero attached hydrogens (tertiary/aromatic N) is 1. The molecule has 2 aromatic carbocycles. The Morgan fingerprint density at radius 1 is 1.17 bits per heavy atom. The second-order valence-corrected chi connectivity index (χ2v) is 9.83. The summed E-state index contributed by atoms with van der Waals surface area (Å²) in [7, 11) is -3.87. The van der Waals surface area contributed by atoms with Gasteiger partial charge in [0, 0.05) is 24.2 Å². The summed E-state index contributed by atoms with van der Waals surface area (Å²) in [6.45, 7) is 9.78. The standard InChI is InChI=1S/C22H27ClN2O3S/c1-5-14-25(15-13-17-9-7-6-8-10-17)21(26)18-11-12-19(23)20(16-18)29(27,28)24-22(2,3)4/h5-12,16,24H,1,13-15H2,2-4H3. The van der Waals surface area contributed by atoms with Crippen molar-refractivity contribution in [2.24, 2.45) is 0 Å². The van der Waals surface area contributed by atoms with E-state index in [1.165, 1.54) is 12.1 Å². The van der Waals surface area contributed by atoms with Gasteiger partial charge in [0.25, 0.3) is 5.91 Å². The highest BCUT2D eigenvalue weighted by molar-refractivity contribution is 7.89. The van der Waals surface area contributed by atoms with Gasteiger partial charge in [0.15, 0.2) is 0 Å². The lowest BCUT2D eigenvalue weighted by Gasteiger charge is -2.23. The molecule has 7 heteroatoms. The Labute approximate surface area is 178 Å². The van der Waals surface area contributed by atoms with Gasteiger partial charge in [0.1, 0.15) is 4.90 Å². The van der Waals surface area contributed by atoms with Crippen LogP contribution in [0.15, 0.2) is 66.1 Å². The van der Waals surface area contributed by atoms with Crippen LogP contribution < -0.4 is 4.72 Å². The Morgan fingerprint density at radius 2 is 1.83 bits per heavy atom. The normalized spacial score (nSPS) is 11.9. The topological polar surface area (TPSA) is 66.5 Å². The lowest BCUT2D eigenvalue weighted by Crippen LogP contribution is -2.40. The van der Waals surface area contributed by atoms with Crippen molar-refractivity contribution in [2.75, 3.05) is 13.1 Å². The van der Waals surface area contributed by atoms with Crippen molar-refractivity contribution in [2.45, 2.75) is 37.6 Å². The van der Waals surface area contributed by atoms with Crippen LogP contribution in [0.25, 0.3) is 0 Å². The van der Waals surface area contributed by atoms with E-state index in [0.717, 1.165) is 5.56 Å². The number of carbonyl (C=O) groups excluding carboxylic acids is 1. The van der Waals surface area contributed by atoms with Crippen LogP contribution in [0.2, 0.25) is 5.02 Å². The number of hydrogen-bond acceptors (Lipinski definition) is 3. The number of halogens is 1. The van der Waals surface area contributed by atoms with Gasteiger partial charge >= 0.3 is 0 Å². The average Bonchev–Trinajstić information content (AvgIpc) is 2.63. The van der Waals surface area contributed by atoms with Gasteiger partial charge in [0.05, 0.1) is 5.02 Å². The Kier molecular flexibility index (Phi) is 7.63. The first-order valence-corrected chi connectivity index (χ1v) is 11.2. The molecule has 0 fully saturated rings. The molecule has 0 bridgehead atoms. The molecule has 0 unspecified atom stereocenters. The van der Waals surface area contributed by atoms with E-state index in [2.05, 4.69) is 11.3 Å². The third-order valence-electron chi connectivity index (χ3n) is 4.06. The van der Waals surface area contributed by atoms with Crippen LogP contribution in [0.3, 0.4) is 0 Å². The Balaban J connectivity index is 2.29. The van der Waals surface area contributed by atoms with Gasteiger partial charge in [-0.15, -0.1) is 6.58 Å². The summed E-state index contributed by atoms with van der Waals surface area (Å²) in [6, 6.07) is 14.2. The minimum absolute atomic E-state index is 0.0675. The first-order valence-electron chi connectivity index (χ1n) is 9.31. The minimum Gasteiger partial charge on any atom is -0.335 e. The van der Waals surface area contributed by atoms with E-state index in [0.29, 0.717) is 19.5 Å². The third kappa shape index (κ3) is 6.70. The van der Waals surface area contributed by atoms with Crippen molar-refractivity contribution in [3.8, 4) is 0 Å². The van der Waals surface area contributed by atoms with E-state index >= 15 is 0 Å². The molecule has 1 amide bonds. The lowest BCUT2D eigenvalue weighted by atomic mass is 10.1. The van der Waals surface area contributed by atoms with Crippen LogP contribution in [0.1, 0.15) is 36.7 Å². The second-order valence-electron chi connectivity index (χ2n) is 7.78. The van der Waals surface area contributed by atoms with Crippen molar-refractivity contribution >= 4 is 27.5 Å². The minimum atomic E-state index is -3.87. The van der Waals surface area contributed by atoms with Crippen LogP contribution in [0.4, 0.5) is 0 Å². The molecular weight excluding hydrogens is 408 g/mol. The highest BCUT2D eigenvalue weighted by Gasteiger charge is 2.26. The van der Waals surface area contributed by atoms with Crippen molar-refractivity contribution in [1.82, 2.24) is 9.62 Å². The predicted octanol–water partition coefficient (Wildman–Crippen LogP) is 4.29. The SMILES string of the molecule is C=CCN(CCc1ccccc1)C(=O)c1ccc(Cl)c(S(=O)(=O)NC(C)(C)C)c1. The fraction of sp³-hybridized carbons (Fsp3) is 0.318. The van der Waals surface area contributed by atoms with E-state index in [-0.39, 0.29) is 21.4 Å². The molecule has 2 rings (SSSR count). The summed E-state index contributed by atoms with van der Waals surface area (Å²) in [5.41, 5.74) is 0.703. The Morgan fingerprint density at radius 3 is 2.41 bits per heavy atom. The first kappa shape index (κ1) is 23.1. The molecule has 29 heavy (non-hydrogen) atoms. The summed E-state index contributed by atoms with van der Waals surface area (Å²) in [5.74, 6) is -0.273. The van der Waals surface area contributed by atoms with E-state index in [9.17, 15) is 13.2 Å². The maximum absolute atomic E-state index is 13.1. The fourth-order valence-electron chi connectivity index (χ4n) is 2.82. The molecule has 0 atom stereocenters. The molecule has 0 heterocycles. The number of nitrogens with one attached hydrogen (secondary N) is 1. The molecule has 0 aromatic heterocycles. The summed E-state index contributed by atoms with van der Waals surface area (Å²) in [4.78, 5) is 14.6. The van der Waals surface area contributed by atoms with E-state index < -0.39 is 15.6 Å². The average molecular weight is 435 g/mol. The Hall–Kier alpha value is -2.15. The molecule has 0 aliphatic heterocycles. The van der Waals surface area contributed by atoms with Crippen LogP contribution >= 0.6 is 11.6 Å². The molecule has 0 radical (unpaired) electrons. The largest absolute Gasteiger partial charge is 0.335 e. The second kappa shape index (κ2) is 9.57. The van der Waals surface area contributed by atoms with E-state index in [4.69, 9.17) is 11.6 Å². The monoisotopic (exact) mass is 434 g/mol. The molecule has 0 aliphatic carbocycles. The third-order valence-corrected chi connectivity index (χ3v) is 6.30. The van der Waals surface area contributed by atoms with E-state index in [1.807, 2.05) is 30.3 Å². The predicted molar refractivity (Wildman–Crippen MR) is 118 cm³/mol. The van der Waals surface area contributed by atoms with Crippen molar-refractivity contribution in [1.29, 1.82) is 0 Å². The molecule has 5 nitrogen and oxygen atoms in total. The number of sulfonamides is 1. The maximum atomic E-state index is 13.1. The van der Waals surface area contributed by atoms with Crippen LogP contribution in [-0.4, -0.2) is 37.9 Å². The zero-order chi connectivity index (χ0) is 21.7. The number of hydrogen-bond donors (Lipinski definition) is 1. The molecule has 1 N–H and O–H groups in total. The maximum Gasteiger partial charge on any atom is 0.254 e. The summed E-state index contributed by atoms with van der Waals surface area (Å²) >= 11 is 6.14. The van der Waals surface area contributed by atoms with Crippen molar-refractivity contribution in [3.63, 3.8) is 0 Å². The molecule has 0 saturated carbocycles. The molecule has 0 aliphatic rings. The lowest BCUT2D eigenvalue weighted by molar-refractivity contribution is 0.0775. The number of rotatable bonds is 8. The van der Waals surface area contributed by atoms with Gasteiger partial charge < -0.3 is 4.90 Å². The van der Waals surface area contributed by atoms with Gasteiger partial charge in [-0.25, -0.2) is 13.1 Å². The van der Waals surface area contributed by atoms with Gasteiger partial charge in [-0.2, -0.15) is 0 Å². The van der Waals surface area contributed by atoms with E-state index in [1.54, 1.807) is 37.8 Å². The number of amides is 1. The van der Waals surface area contributed by atoms with Crippen LogP contribution in [-0.2, 0) is 16.4 Å². The highest BCUT2D eigenvalue weighted by atomic mass is 35.5. The molecule has 0 saturated heterocycles. The summed E-state index contributed by atoms with van der Waals surface area (Å²) < 4.78 is 28.0. The zero-order valence-corrected chi connectivity index (χ0v) is 18.6. The van der Waals surface area contributed by atoms with Crippen LogP contribution in [0, 0.1) is 0 Å². The van der Waals surface area contributed by atoms with Crippen molar-refractivity contribution < 1.29 is 13.2 Å². The Bertz CT molecular complexity index is 967. The van der Waals surface area contributed by atoms with Gasteiger partial charge in [-0.05, 0) is 51.0 Å². The fourth-order valence-corrected chi connectivity index (χ4v) is 4.77. The molecule has 0 spiro atoms.